The summed E-state index contributed by atoms with van der Waals surface area (Å²) in [5, 5.41) is 7.50. The summed E-state index contributed by atoms with van der Waals surface area (Å²) in [6.07, 6.45) is 1.93. The van der Waals surface area contributed by atoms with Crippen molar-refractivity contribution in [1.29, 1.82) is 0 Å². The summed E-state index contributed by atoms with van der Waals surface area (Å²) in [5.41, 5.74) is -0.526. The zero-order chi connectivity index (χ0) is 23.8. The second-order valence-electron chi connectivity index (χ2n) is 6.60. The highest BCUT2D eigenvalue weighted by atomic mass is 32.1. The molecule has 32 heavy (non-hydrogen) atoms. The number of carbonyl (C=O) groups is 2. The average Bonchev–Trinajstić information content (AvgIpc) is 3.24. The molecule has 0 spiro atoms. The van der Waals surface area contributed by atoms with E-state index < -0.39 is 23.6 Å². The van der Waals surface area contributed by atoms with Crippen LogP contribution in [0.15, 0.2) is 29.6 Å². The molecule has 2 amide bonds. The lowest BCUT2D eigenvalue weighted by atomic mass is 9.94. The van der Waals surface area contributed by atoms with E-state index in [1.165, 1.54) is 23.5 Å². The lowest BCUT2D eigenvalue weighted by Crippen LogP contribution is -2.46. The first-order valence-electron chi connectivity index (χ1n) is 9.59. The molecule has 2 aromatic rings. The quantitative estimate of drug-likeness (QED) is 0.519. The number of nitrogens with zero attached hydrogens (tertiary/aromatic N) is 1. The summed E-state index contributed by atoms with van der Waals surface area (Å²) in [6.45, 7) is 3.51. The maximum absolute atomic E-state index is 12.4. The molecule has 0 aliphatic heterocycles. The summed E-state index contributed by atoms with van der Waals surface area (Å²) in [6, 6.07) is 4.66. The molecule has 1 aromatic carbocycles. The zero-order valence-corrected chi connectivity index (χ0v) is 18.2. The normalized spacial score (nSPS) is 11.4. The van der Waals surface area contributed by atoms with Crippen molar-refractivity contribution in [3.63, 3.8) is 0 Å². The van der Waals surface area contributed by atoms with Gasteiger partial charge in [0.25, 0.3) is 11.8 Å². The van der Waals surface area contributed by atoms with Crippen LogP contribution in [-0.4, -0.2) is 35.3 Å². The minimum Gasteiger partial charge on any atom is -0.484 e. The number of rotatable bonds is 10. The SMILES string of the molecule is C#CC(CC)(CC)NC(=O)c1csc(CNC(=O)COc2ccc(OC(F)(F)F)cc2)n1. The van der Waals surface area contributed by atoms with E-state index in [4.69, 9.17) is 11.2 Å². The van der Waals surface area contributed by atoms with Crippen molar-refractivity contribution in [3.8, 4) is 23.8 Å². The summed E-state index contributed by atoms with van der Waals surface area (Å²) in [4.78, 5) is 28.6. The Bertz CT molecular complexity index is 964. The molecule has 0 radical (unpaired) electrons. The summed E-state index contributed by atoms with van der Waals surface area (Å²) < 4.78 is 45.4. The topological polar surface area (TPSA) is 89.6 Å². The number of thiazole rings is 1. The second kappa shape index (κ2) is 10.9. The van der Waals surface area contributed by atoms with E-state index in [1.807, 2.05) is 13.8 Å². The van der Waals surface area contributed by atoms with Gasteiger partial charge in [0, 0.05) is 5.38 Å². The van der Waals surface area contributed by atoms with E-state index in [1.54, 1.807) is 5.38 Å². The standard InChI is InChI=1S/C21H22F3N3O4S/c1-4-20(5-2,6-3)27-19(29)16-13-32-18(26-16)11-25-17(28)12-30-14-7-9-15(10-8-14)31-21(22,23)24/h1,7-10,13H,5-6,11-12H2,2-3H3,(H,25,28)(H,27,29). The van der Waals surface area contributed by atoms with Gasteiger partial charge in [-0.05, 0) is 37.1 Å². The van der Waals surface area contributed by atoms with Crippen LogP contribution in [0.1, 0.15) is 42.2 Å². The molecule has 0 bridgehead atoms. The number of amides is 2. The van der Waals surface area contributed by atoms with Crippen molar-refractivity contribution >= 4 is 23.2 Å². The van der Waals surface area contributed by atoms with Crippen LogP contribution in [0.3, 0.4) is 0 Å². The van der Waals surface area contributed by atoms with Crippen LogP contribution in [0.25, 0.3) is 0 Å². The first-order valence-corrected chi connectivity index (χ1v) is 10.5. The fourth-order valence-corrected chi connectivity index (χ4v) is 3.27. The maximum atomic E-state index is 12.4. The molecule has 1 aromatic heterocycles. The Morgan fingerprint density at radius 1 is 1.16 bits per heavy atom. The molecule has 0 fully saturated rings. The monoisotopic (exact) mass is 469 g/mol. The van der Waals surface area contributed by atoms with Crippen molar-refractivity contribution < 1.29 is 32.2 Å². The molecular weight excluding hydrogens is 447 g/mol. The maximum Gasteiger partial charge on any atom is 0.573 e. The molecule has 11 heteroatoms. The minimum atomic E-state index is -4.78. The number of nitrogens with one attached hydrogen (secondary N) is 2. The third-order valence-electron chi connectivity index (χ3n) is 4.48. The van der Waals surface area contributed by atoms with E-state index in [0.29, 0.717) is 17.8 Å². The number of ether oxygens (including phenoxy) is 2. The van der Waals surface area contributed by atoms with E-state index in [2.05, 4.69) is 26.3 Å². The molecule has 172 valence electrons. The van der Waals surface area contributed by atoms with Crippen LogP contribution in [-0.2, 0) is 11.3 Å². The van der Waals surface area contributed by atoms with Gasteiger partial charge >= 0.3 is 6.36 Å². The van der Waals surface area contributed by atoms with E-state index in [0.717, 1.165) is 12.1 Å². The predicted molar refractivity (Wildman–Crippen MR) is 112 cm³/mol. The number of hydrogen-bond donors (Lipinski definition) is 2. The molecule has 0 unspecified atom stereocenters. The second-order valence-corrected chi connectivity index (χ2v) is 7.54. The highest BCUT2D eigenvalue weighted by molar-refractivity contribution is 7.09. The number of terminal acetylenes is 1. The van der Waals surface area contributed by atoms with Crippen molar-refractivity contribution in [3.05, 3.63) is 40.3 Å². The van der Waals surface area contributed by atoms with Gasteiger partial charge in [0.1, 0.15) is 27.7 Å². The van der Waals surface area contributed by atoms with Gasteiger partial charge in [-0.15, -0.1) is 30.9 Å². The Kier molecular flexibility index (Phi) is 8.48. The van der Waals surface area contributed by atoms with Crippen LogP contribution in [0, 0.1) is 12.3 Å². The molecule has 0 aliphatic carbocycles. The molecular formula is C21H22F3N3O4S. The van der Waals surface area contributed by atoms with E-state index >= 15 is 0 Å². The average molecular weight is 469 g/mol. The Morgan fingerprint density at radius 2 is 1.78 bits per heavy atom. The molecule has 1 heterocycles. The fourth-order valence-electron chi connectivity index (χ4n) is 2.56. The molecule has 0 aliphatic rings. The lowest BCUT2D eigenvalue weighted by molar-refractivity contribution is -0.274. The predicted octanol–water partition coefficient (Wildman–Crippen LogP) is 3.66. The van der Waals surface area contributed by atoms with E-state index in [-0.39, 0.29) is 30.5 Å². The smallest absolute Gasteiger partial charge is 0.484 e. The van der Waals surface area contributed by atoms with Crippen LogP contribution < -0.4 is 20.1 Å². The summed E-state index contributed by atoms with van der Waals surface area (Å²) in [5.74, 6) is 1.57. The highest BCUT2D eigenvalue weighted by Gasteiger charge is 2.31. The molecule has 2 N–H and O–H groups in total. The van der Waals surface area contributed by atoms with Gasteiger partial charge < -0.3 is 20.1 Å². The number of aromatic nitrogens is 1. The molecule has 0 atom stereocenters. The Hall–Kier alpha value is -3.26. The lowest BCUT2D eigenvalue weighted by Gasteiger charge is -2.26. The van der Waals surface area contributed by atoms with Gasteiger partial charge in [-0.3, -0.25) is 9.59 Å². The number of halogens is 3. The molecule has 0 saturated heterocycles. The van der Waals surface area contributed by atoms with Crippen molar-refractivity contribution in [2.45, 2.75) is 45.1 Å². The first-order chi connectivity index (χ1) is 15.1. The van der Waals surface area contributed by atoms with Crippen LogP contribution in [0.4, 0.5) is 13.2 Å². The van der Waals surface area contributed by atoms with Gasteiger partial charge in [0.05, 0.1) is 6.54 Å². The summed E-state index contributed by atoms with van der Waals surface area (Å²) >= 11 is 1.20. The van der Waals surface area contributed by atoms with Gasteiger partial charge in [0.2, 0.25) is 0 Å². The number of hydrogen-bond acceptors (Lipinski definition) is 6. The minimum absolute atomic E-state index is 0.0837. The Balaban J connectivity index is 1.81. The van der Waals surface area contributed by atoms with Crippen LogP contribution >= 0.6 is 11.3 Å². The van der Waals surface area contributed by atoms with Crippen molar-refractivity contribution in [2.75, 3.05) is 6.61 Å². The summed E-state index contributed by atoms with van der Waals surface area (Å²) in [7, 11) is 0. The van der Waals surface area contributed by atoms with Gasteiger partial charge in [-0.1, -0.05) is 19.8 Å². The fraction of sp³-hybridized carbons (Fsp3) is 0.381. The van der Waals surface area contributed by atoms with Crippen LogP contribution in [0.5, 0.6) is 11.5 Å². The zero-order valence-electron chi connectivity index (χ0n) is 17.4. The number of carbonyl (C=O) groups excluding carboxylic acids is 2. The largest absolute Gasteiger partial charge is 0.573 e. The third-order valence-corrected chi connectivity index (χ3v) is 5.33. The molecule has 0 saturated carbocycles. The molecule has 7 nitrogen and oxygen atoms in total. The van der Waals surface area contributed by atoms with Crippen molar-refractivity contribution in [2.24, 2.45) is 0 Å². The van der Waals surface area contributed by atoms with Crippen LogP contribution in [0.2, 0.25) is 0 Å². The number of benzene rings is 1. The highest BCUT2D eigenvalue weighted by Crippen LogP contribution is 2.24. The van der Waals surface area contributed by atoms with Gasteiger partial charge in [-0.25, -0.2) is 4.98 Å². The number of alkyl halides is 3. The van der Waals surface area contributed by atoms with Gasteiger partial charge in [-0.2, -0.15) is 0 Å². The van der Waals surface area contributed by atoms with Gasteiger partial charge in [0.15, 0.2) is 6.61 Å². The first kappa shape index (κ1) is 25.0. The van der Waals surface area contributed by atoms with Crippen molar-refractivity contribution in [1.82, 2.24) is 15.6 Å². The Labute approximate surface area is 187 Å². The molecule has 2 rings (SSSR count). The Morgan fingerprint density at radius 3 is 2.34 bits per heavy atom. The van der Waals surface area contributed by atoms with E-state index in [9.17, 15) is 22.8 Å². The third kappa shape index (κ3) is 7.46.